The van der Waals surface area contributed by atoms with Gasteiger partial charge in [-0.1, -0.05) is 0 Å². The lowest BCUT2D eigenvalue weighted by Gasteiger charge is -2.19. The fraction of sp³-hybridized carbons (Fsp3) is 0.143. The van der Waals surface area contributed by atoms with E-state index >= 15 is 0 Å². The smallest absolute Gasteiger partial charge is 0.272 e. The number of nitrogens with zero attached hydrogens (tertiary/aromatic N) is 3. The number of fused-ring (bicyclic) bond motifs is 1. The fourth-order valence-corrected chi connectivity index (χ4v) is 2.95. The van der Waals surface area contributed by atoms with Gasteiger partial charge in [0.05, 0.1) is 28.7 Å². The summed E-state index contributed by atoms with van der Waals surface area (Å²) in [4.78, 5) is 30.4. The number of nitrogens with one attached hydrogen (secondary N) is 1. The first-order chi connectivity index (χ1) is 11.0. The lowest BCUT2D eigenvalue weighted by atomic mass is 10.2. The van der Waals surface area contributed by atoms with Crippen LogP contribution in [0.1, 0.15) is 5.82 Å². The SMILES string of the molecule is CN(Cc1nc2ccsc2c(=O)[nH]1)c1ccc([N+](=O)[O-])cc1F. The molecule has 0 bridgehead atoms. The summed E-state index contributed by atoms with van der Waals surface area (Å²) in [5.74, 6) is -0.318. The van der Waals surface area contributed by atoms with Crippen LogP contribution in [0.25, 0.3) is 10.2 Å². The Morgan fingerprint density at radius 2 is 2.22 bits per heavy atom. The van der Waals surface area contributed by atoms with E-state index in [2.05, 4.69) is 9.97 Å². The molecule has 0 saturated heterocycles. The lowest BCUT2D eigenvalue weighted by Crippen LogP contribution is -2.22. The number of rotatable bonds is 4. The van der Waals surface area contributed by atoms with Gasteiger partial charge in [-0.2, -0.15) is 0 Å². The maximum Gasteiger partial charge on any atom is 0.272 e. The van der Waals surface area contributed by atoms with Gasteiger partial charge in [0.2, 0.25) is 0 Å². The zero-order chi connectivity index (χ0) is 16.6. The van der Waals surface area contributed by atoms with E-state index in [1.54, 1.807) is 18.5 Å². The van der Waals surface area contributed by atoms with Gasteiger partial charge in [0.25, 0.3) is 11.2 Å². The van der Waals surface area contributed by atoms with Crippen molar-refractivity contribution in [2.45, 2.75) is 6.54 Å². The van der Waals surface area contributed by atoms with Crippen LogP contribution in [0.4, 0.5) is 15.8 Å². The van der Waals surface area contributed by atoms with Crippen LogP contribution in [0.2, 0.25) is 0 Å². The van der Waals surface area contributed by atoms with Crippen molar-refractivity contribution in [1.29, 1.82) is 0 Å². The number of non-ortho nitro benzene ring substituents is 1. The molecule has 0 aliphatic rings. The molecule has 1 N–H and O–H groups in total. The number of aromatic amines is 1. The predicted octanol–water partition coefficient (Wildman–Crippen LogP) is 2.67. The number of nitro groups is 1. The summed E-state index contributed by atoms with van der Waals surface area (Å²) in [6, 6.07) is 5.16. The first kappa shape index (κ1) is 15.1. The van der Waals surface area contributed by atoms with Crippen LogP contribution in [0.3, 0.4) is 0 Å². The van der Waals surface area contributed by atoms with Gasteiger partial charge in [-0.25, -0.2) is 9.37 Å². The van der Waals surface area contributed by atoms with Crippen LogP contribution in [-0.2, 0) is 6.54 Å². The highest BCUT2D eigenvalue weighted by Crippen LogP contribution is 2.24. The number of hydrogen-bond acceptors (Lipinski definition) is 6. The number of anilines is 1. The molecule has 0 fully saturated rings. The Morgan fingerprint density at radius 1 is 1.43 bits per heavy atom. The molecule has 0 spiro atoms. The molecule has 3 rings (SSSR count). The largest absolute Gasteiger partial charge is 0.365 e. The standard InChI is InChI=1S/C14H11FN4O3S/c1-18(11-3-2-8(19(21)22)6-9(11)15)7-12-16-10-4-5-23-13(10)14(20)17-12/h2-6H,7H2,1H3,(H,16,17,20). The molecule has 0 unspecified atom stereocenters. The summed E-state index contributed by atoms with van der Waals surface area (Å²) in [5.41, 5.74) is 0.221. The number of thiophene rings is 1. The zero-order valence-corrected chi connectivity index (χ0v) is 12.8. The monoisotopic (exact) mass is 334 g/mol. The highest BCUT2D eigenvalue weighted by atomic mass is 32.1. The maximum absolute atomic E-state index is 14.0. The lowest BCUT2D eigenvalue weighted by molar-refractivity contribution is -0.385. The van der Waals surface area contributed by atoms with Crippen LogP contribution in [0, 0.1) is 15.9 Å². The van der Waals surface area contributed by atoms with Crippen molar-refractivity contribution in [3.8, 4) is 0 Å². The average Bonchev–Trinajstić information content (AvgIpc) is 2.95. The number of halogens is 1. The van der Waals surface area contributed by atoms with Crippen LogP contribution < -0.4 is 10.5 Å². The van der Waals surface area contributed by atoms with E-state index in [9.17, 15) is 19.3 Å². The molecule has 2 aromatic heterocycles. The summed E-state index contributed by atoms with van der Waals surface area (Å²) in [5, 5.41) is 12.4. The van der Waals surface area contributed by atoms with Crippen molar-refractivity contribution in [2.24, 2.45) is 0 Å². The van der Waals surface area contributed by atoms with Crippen LogP contribution in [0.5, 0.6) is 0 Å². The van der Waals surface area contributed by atoms with E-state index in [0.29, 0.717) is 16.0 Å². The summed E-state index contributed by atoms with van der Waals surface area (Å²) in [6.07, 6.45) is 0. The van der Waals surface area contributed by atoms with E-state index in [1.165, 1.54) is 28.4 Å². The minimum absolute atomic E-state index is 0.162. The highest BCUT2D eigenvalue weighted by Gasteiger charge is 2.15. The second-order valence-corrected chi connectivity index (χ2v) is 5.81. The summed E-state index contributed by atoms with van der Waals surface area (Å²) in [7, 11) is 1.61. The number of H-pyrrole nitrogens is 1. The third kappa shape index (κ3) is 2.90. The molecular formula is C14H11FN4O3S. The van der Waals surface area contributed by atoms with Gasteiger partial charge in [0.15, 0.2) is 5.82 Å². The molecule has 118 valence electrons. The van der Waals surface area contributed by atoms with E-state index in [4.69, 9.17) is 0 Å². The Hall–Kier alpha value is -2.81. The minimum Gasteiger partial charge on any atom is -0.365 e. The van der Waals surface area contributed by atoms with Gasteiger partial charge in [-0.05, 0) is 17.5 Å². The van der Waals surface area contributed by atoms with E-state index in [-0.39, 0.29) is 23.5 Å². The Bertz CT molecular complexity index is 953. The summed E-state index contributed by atoms with van der Waals surface area (Å²) < 4.78 is 14.5. The molecule has 0 atom stereocenters. The zero-order valence-electron chi connectivity index (χ0n) is 11.9. The number of hydrogen-bond donors (Lipinski definition) is 1. The van der Waals surface area contributed by atoms with Gasteiger partial charge < -0.3 is 9.88 Å². The van der Waals surface area contributed by atoms with Crippen molar-refractivity contribution in [1.82, 2.24) is 9.97 Å². The summed E-state index contributed by atoms with van der Waals surface area (Å²) >= 11 is 1.30. The van der Waals surface area contributed by atoms with Crippen LogP contribution in [0.15, 0.2) is 34.4 Å². The quantitative estimate of drug-likeness (QED) is 0.585. The molecule has 0 radical (unpaired) electrons. The molecule has 0 amide bonds. The highest BCUT2D eigenvalue weighted by molar-refractivity contribution is 7.17. The molecule has 7 nitrogen and oxygen atoms in total. The van der Waals surface area contributed by atoms with Crippen LogP contribution in [-0.4, -0.2) is 21.9 Å². The van der Waals surface area contributed by atoms with Gasteiger partial charge in [-0.3, -0.25) is 14.9 Å². The van der Waals surface area contributed by atoms with Crippen molar-refractivity contribution < 1.29 is 9.31 Å². The molecule has 2 heterocycles. The van der Waals surface area contributed by atoms with Crippen molar-refractivity contribution in [2.75, 3.05) is 11.9 Å². The molecule has 0 saturated carbocycles. The topological polar surface area (TPSA) is 92.1 Å². The normalized spacial score (nSPS) is 10.9. The predicted molar refractivity (Wildman–Crippen MR) is 85.4 cm³/mol. The van der Waals surface area contributed by atoms with E-state index in [0.717, 1.165) is 6.07 Å². The van der Waals surface area contributed by atoms with Crippen molar-refractivity contribution in [3.63, 3.8) is 0 Å². The molecule has 23 heavy (non-hydrogen) atoms. The van der Waals surface area contributed by atoms with Gasteiger partial charge in [0, 0.05) is 13.1 Å². The van der Waals surface area contributed by atoms with Gasteiger partial charge in [-0.15, -0.1) is 11.3 Å². The summed E-state index contributed by atoms with van der Waals surface area (Å²) in [6.45, 7) is 0.162. The molecule has 0 aliphatic heterocycles. The third-order valence-corrected chi connectivity index (χ3v) is 4.21. The molecule has 0 aliphatic carbocycles. The first-order valence-electron chi connectivity index (χ1n) is 6.57. The third-order valence-electron chi connectivity index (χ3n) is 3.30. The molecule has 1 aromatic carbocycles. The average molecular weight is 334 g/mol. The molecule has 3 aromatic rings. The first-order valence-corrected chi connectivity index (χ1v) is 7.45. The number of nitro benzene ring substituents is 1. The minimum atomic E-state index is -0.708. The van der Waals surface area contributed by atoms with Gasteiger partial charge in [0.1, 0.15) is 10.5 Å². The van der Waals surface area contributed by atoms with Crippen molar-refractivity contribution in [3.05, 3.63) is 61.8 Å². The van der Waals surface area contributed by atoms with Crippen molar-refractivity contribution >= 4 is 32.9 Å². The fourth-order valence-electron chi connectivity index (χ4n) is 2.23. The van der Waals surface area contributed by atoms with E-state index < -0.39 is 10.7 Å². The second kappa shape index (κ2) is 5.76. The number of aromatic nitrogens is 2. The maximum atomic E-state index is 14.0. The Balaban J connectivity index is 1.89. The Morgan fingerprint density at radius 3 is 2.91 bits per heavy atom. The van der Waals surface area contributed by atoms with Gasteiger partial charge >= 0.3 is 0 Å². The number of benzene rings is 1. The van der Waals surface area contributed by atoms with Crippen LogP contribution >= 0.6 is 11.3 Å². The molecule has 9 heteroatoms. The second-order valence-electron chi connectivity index (χ2n) is 4.90. The Kier molecular flexibility index (Phi) is 3.78. The van der Waals surface area contributed by atoms with E-state index in [1.807, 2.05) is 0 Å². The Labute approximate surface area is 133 Å². The molecular weight excluding hydrogens is 323 g/mol.